The summed E-state index contributed by atoms with van der Waals surface area (Å²) in [6.45, 7) is 4.57. The van der Waals surface area contributed by atoms with Crippen LogP contribution in [-0.2, 0) is 14.3 Å². The van der Waals surface area contributed by atoms with Gasteiger partial charge in [0.05, 0.1) is 6.10 Å². The SMILES string of the molecule is C[C@]12CCC(=O)C=C1CC[C@H]1[C@H]2CC[C@@]2(C)[C@H]1C[C@@H]1OCC(=O)[C@@]12O. The molecule has 1 aliphatic heterocycles. The summed E-state index contributed by atoms with van der Waals surface area (Å²) in [6, 6.07) is 0. The average Bonchev–Trinajstić information content (AvgIpc) is 2.99. The smallest absolute Gasteiger partial charge is 0.193 e. The van der Waals surface area contributed by atoms with Crippen molar-refractivity contribution in [3.63, 3.8) is 0 Å². The Hall–Kier alpha value is -1.00. The standard InChI is InChI=1S/C21H28O4/c1-19-7-5-13(22)9-12(19)3-4-14-15(19)6-8-20(2)16(14)10-18-21(20,24)17(23)11-25-18/h9,14-16,18,24H,3-8,10-11H2,1-2H3/t14-,15+,16-,18-,19-,20-,21+/m0/s1. The van der Waals surface area contributed by atoms with Crippen molar-refractivity contribution in [1.82, 2.24) is 0 Å². The lowest BCUT2D eigenvalue weighted by Crippen LogP contribution is -2.58. The number of hydrogen-bond acceptors (Lipinski definition) is 4. The van der Waals surface area contributed by atoms with Crippen LogP contribution in [0.3, 0.4) is 0 Å². The summed E-state index contributed by atoms with van der Waals surface area (Å²) >= 11 is 0. The number of fused-ring (bicyclic) bond motifs is 7. The molecule has 0 unspecified atom stereocenters. The Balaban J connectivity index is 1.53. The summed E-state index contributed by atoms with van der Waals surface area (Å²) in [6.07, 6.45) is 8.06. The van der Waals surface area contributed by atoms with E-state index in [4.69, 9.17) is 4.74 Å². The summed E-state index contributed by atoms with van der Waals surface area (Å²) < 4.78 is 5.72. The average molecular weight is 344 g/mol. The molecule has 4 fully saturated rings. The van der Waals surface area contributed by atoms with E-state index in [-0.39, 0.29) is 35.1 Å². The first-order chi connectivity index (χ1) is 11.8. The van der Waals surface area contributed by atoms with Crippen LogP contribution >= 0.6 is 0 Å². The normalized spacial score (nSPS) is 54.4. The first kappa shape index (κ1) is 16.2. The third-order valence-corrected chi connectivity index (χ3v) is 9.00. The Kier molecular flexibility index (Phi) is 3.13. The van der Waals surface area contributed by atoms with Gasteiger partial charge in [-0.2, -0.15) is 0 Å². The molecule has 4 nitrogen and oxygen atoms in total. The first-order valence-corrected chi connectivity index (χ1v) is 9.92. The van der Waals surface area contributed by atoms with Crippen molar-refractivity contribution in [2.24, 2.45) is 28.6 Å². The fourth-order valence-corrected chi connectivity index (χ4v) is 7.53. The van der Waals surface area contributed by atoms with Crippen LogP contribution in [0.1, 0.15) is 58.8 Å². The maximum Gasteiger partial charge on any atom is 0.193 e. The minimum atomic E-state index is -1.28. The van der Waals surface area contributed by atoms with E-state index in [0.29, 0.717) is 24.2 Å². The molecule has 25 heavy (non-hydrogen) atoms. The van der Waals surface area contributed by atoms with Gasteiger partial charge < -0.3 is 9.84 Å². The number of carbonyl (C=O) groups excluding carboxylic acids is 2. The number of ether oxygens (including phenoxy) is 1. The van der Waals surface area contributed by atoms with Crippen molar-refractivity contribution in [2.75, 3.05) is 6.61 Å². The van der Waals surface area contributed by atoms with Gasteiger partial charge in [0.25, 0.3) is 0 Å². The van der Waals surface area contributed by atoms with Gasteiger partial charge >= 0.3 is 0 Å². The molecule has 5 aliphatic rings. The topological polar surface area (TPSA) is 63.6 Å². The van der Waals surface area contributed by atoms with Gasteiger partial charge in [0.2, 0.25) is 0 Å². The highest BCUT2D eigenvalue weighted by Crippen LogP contribution is 2.68. The fraction of sp³-hybridized carbons (Fsp3) is 0.810. The molecule has 4 aliphatic carbocycles. The lowest BCUT2D eigenvalue weighted by molar-refractivity contribution is -0.159. The summed E-state index contributed by atoms with van der Waals surface area (Å²) in [4.78, 5) is 24.4. The van der Waals surface area contributed by atoms with Crippen LogP contribution in [0.15, 0.2) is 11.6 Å². The number of rotatable bonds is 0. The Morgan fingerprint density at radius 3 is 2.72 bits per heavy atom. The molecule has 5 rings (SSSR count). The molecule has 0 radical (unpaired) electrons. The highest BCUT2D eigenvalue weighted by Gasteiger charge is 2.72. The molecular weight excluding hydrogens is 316 g/mol. The zero-order valence-corrected chi connectivity index (χ0v) is 15.2. The van der Waals surface area contributed by atoms with Gasteiger partial charge in [-0.25, -0.2) is 0 Å². The number of aliphatic hydroxyl groups is 1. The van der Waals surface area contributed by atoms with Crippen molar-refractivity contribution in [3.8, 4) is 0 Å². The third-order valence-electron chi connectivity index (χ3n) is 9.00. The van der Waals surface area contributed by atoms with Gasteiger partial charge in [0.1, 0.15) is 6.61 Å². The molecule has 0 aromatic carbocycles. The fourth-order valence-electron chi connectivity index (χ4n) is 7.53. The van der Waals surface area contributed by atoms with E-state index in [1.807, 2.05) is 6.08 Å². The van der Waals surface area contributed by atoms with Crippen LogP contribution in [0, 0.1) is 28.6 Å². The van der Waals surface area contributed by atoms with Crippen LogP contribution in [0.25, 0.3) is 0 Å². The van der Waals surface area contributed by atoms with Gasteiger partial charge in [-0.15, -0.1) is 0 Å². The van der Waals surface area contributed by atoms with Crippen molar-refractivity contribution >= 4 is 11.6 Å². The van der Waals surface area contributed by atoms with E-state index in [1.165, 1.54) is 5.57 Å². The molecule has 3 saturated carbocycles. The Morgan fingerprint density at radius 1 is 1.12 bits per heavy atom. The van der Waals surface area contributed by atoms with Gasteiger partial charge in [-0.1, -0.05) is 19.4 Å². The second-order valence-electron chi connectivity index (χ2n) is 9.65. The van der Waals surface area contributed by atoms with Crippen LogP contribution in [0.2, 0.25) is 0 Å². The number of Topliss-reactive ketones (excluding diaryl/α,β-unsaturated/α-hetero) is 1. The lowest BCUT2D eigenvalue weighted by atomic mass is 9.46. The molecular formula is C21H28O4. The molecule has 0 bridgehead atoms. The molecule has 0 spiro atoms. The summed E-state index contributed by atoms with van der Waals surface area (Å²) in [5.41, 5.74) is -0.141. The number of ketones is 2. The summed E-state index contributed by atoms with van der Waals surface area (Å²) in [5, 5.41) is 11.3. The zero-order chi connectivity index (χ0) is 17.6. The molecule has 1 heterocycles. The summed E-state index contributed by atoms with van der Waals surface area (Å²) in [7, 11) is 0. The highest BCUT2D eigenvalue weighted by molar-refractivity contribution is 5.92. The molecule has 0 amide bonds. The van der Waals surface area contributed by atoms with Crippen LogP contribution < -0.4 is 0 Å². The van der Waals surface area contributed by atoms with Crippen molar-refractivity contribution < 1.29 is 19.4 Å². The van der Waals surface area contributed by atoms with Crippen LogP contribution in [0.5, 0.6) is 0 Å². The largest absolute Gasteiger partial charge is 0.379 e. The molecule has 136 valence electrons. The third kappa shape index (κ3) is 1.76. The predicted octanol–water partition coefficient (Wildman–Crippen LogP) is 2.83. The molecule has 0 aromatic rings. The Bertz CT molecular complexity index is 696. The predicted molar refractivity (Wildman–Crippen MR) is 91.8 cm³/mol. The van der Waals surface area contributed by atoms with Gasteiger partial charge in [-0.05, 0) is 67.8 Å². The molecule has 7 atom stereocenters. The van der Waals surface area contributed by atoms with E-state index >= 15 is 0 Å². The first-order valence-electron chi connectivity index (χ1n) is 9.92. The molecule has 4 heteroatoms. The highest BCUT2D eigenvalue weighted by atomic mass is 16.5. The van der Waals surface area contributed by atoms with E-state index in [2.05, 4.69) is 13.8 Å². The Labute approximate surface area is 149 Å². The number of allylic oxidation sites excluding steroid dienone is 1. The molecule has 1 N–H and O–H groups in total. The zero-order valence-electron chi connectivity index (χ0n) is 15.2. The second kappa shape index (κ2) is 4.83. The Morgan fingerprint density at radius 2 is 1.92 bits per heavy atom. The maximum absolute atomic E-state index is 12.5. The number of hydrogen-bond donors (Lipinski definition) is 1. The lowest BCUT2D eigenvalue weighted by Gasteiger charge is -2.58. The van der Waals surface area contributed by atoms with Crippen molar-refractivity contribution in [3.05, 3.63) is 11.6 Å². The van der Waals surface area contributed by atoms with Crippen molar-refractivity contribution in [1.29, 1.82) is 0 Å². The van der Waals surface area contributed by atoms with Gasteiger partial charge in [-0.3, -0.25) is 9.59 Å². The van der Waals surface area contributed by atoms with Crippen molar-refractivity contribution in [2.45, 2.75) is 70.5 Å². The van der Waals surface area contributed by atoms with E-state index < -0.39 is 5.60 Å². The molecule has 1 saturated heterocycles. The minimum Gasteiger partial charge on any atom is -0.379 e. The van der Waals surface area contributed by atoms with E-state index in [0.717, 1.165) is 38.5 Å². The van der Waals surface area contributed by atoms with Crippen LogP contribution in [-0.4, -0.2) is 35.0 Å². The van der Waals surface area contributed by atoms with Gasteiger partial charge in [0.15, 0.2) is 17.2 Å². The van der Waals surface area contributed by atoms with Gasteiger partial charge in [0, 0.05) is 11.8 Å². The maximum atomic E-state index is 12.5. The minimum absolute atomic E-state index is 0.0737. The number of carbonyl (C=O) groups is 2. The van der Waals surface area contributed by atoms with Crippen LogP contribution in [0.4, 0.5) is 0 Å². The second-order valence-corrected chi connectivity index (χ2v) is 9.65. The quantitative estimate of drug-likeness (QED) is 0.734. The molecule has 0 aromatic heterocycles. The summed E-state index contributed by atoms with van der Waals surface area (Å²) in [5.74, 6) is 1.62. The van der Waals surface area contributed by atoms with E-state index in [1.54, 1.807) is 0 Å². The van der Waals surface area contributed by atoms with E-state index in [9.17, 15) is 14.7 Å². The monoisotopic (exact) mass is 344 g/mol.